The molecule has 16 heavy (non-hydrogen) atoms. The summed E-state index contributed by atoms with van der Waals surface area (Å²) in [6.07, 6.45) is -4.28. The monoisotopic (exact) mass is 245 g/mol. The van der Waals surface area contributed by atoms with E-state index in [1.54, 1.807) is 4.90 Å². The van der Waals surface area contributed by atoms with E-state index in [-0.39, 0.29) is 13.2 Å². The van der Waals surface area contributed by atoms with Crippen LogP contribution < -0.4 is 0 Å². The molecule has 0 aliphatic rings. The van der Waals surface area contributed by atoms with Gasteiger partial charge >= 0.3 is 6.18 Å². The average molecular weight is 245 g/mol. The van der Waals surface area contributed by atoms with Crippen molar-refractivity contribution >= 4 is 0 Å². The van der Waals surface area contributed by atoms with Gasteiger partial charge in [0.1, 0.15) is 6.61 Å². The summed E-state index contributed by atoms with van der Waals surface area (Å²) in [4.78, 5) is 1.78. The van der Waals surface area contributed by atoms with Gasteiger partial charge in [0.2, 0.25) is 0 Å². The van der Waals surface area contributed by atoms with Gasteiger partial charge in [-0.05, 0) is 0 Å². The Hall–Kier alpha value is -0.370. The van der Waals surface area contributed by atoms with Gasteiger partial charge in [-0.15, -0.1) is 0 Å². The van der Waals surface area contributed by atoms with E-state index in [2.05, 4.69) is 4.74 Å². The summed E-state index contributed by atoms with van der Waals surface area (Å²) >= 11 is 0. The molecule has 0 saturated heterocycles. The van der Waals surface area contributed by atoms with Gasteiger partial charge in [-0.1, -0.05) is 0 Å². The number of halogens is 3. The number of aliphatic hydroxyl groups excluding tert-OH is 1. The minimum absolute atomic E-state index is 0.0107. The Labute approximate surface area is 92.9 Å². The van der Waals surface area contributed by atoms with Crippen LogP contribution >= 0.6 is 0 Å². The van der Waals surface area contributed by atoms with E-state index in [0.29, 0.717) is 26.2 Å². The highest BCUT2D eigenvalue weighted by Crippen LogP contribution is 2.14. The van der Waals surface area contributed by atoms with E-state index in [4.69, 9.17) is 9.84 Å². The maximum absolute atomic E-state index is 11.7. The molecule has 0 bridgehead atoms. The minimum Gasteiger partial charge on any atom is -0.395 e. The van der Waals surface area contributed by atoms with Gasteiger partial charge in [-0.3, -0.25) is 4.90 Å². The minimum atomic E-state index is -4.28. The molecule has 0 saturated carbocycles. The van der Waals surface area contributed by atoms with Crippen molar-refractivity contribution in [1.82, 2.24) is 4.90 Å². The molecule has 0 amide bonds. The highest BCUT2D eigenvalue weighted by molar-refractivity contribution is 4.56. The first-order valence-corrected chi connectivity index (χ1v) is 4.96. The molecular formula is C9H18F3NO3. The number of aliphatic hydroxyl groups is 1. The molecule has 0 aliphatic heterocycles. The largest absolute Gasteiger partial charge is 0.411 e. The van der Waals surface area contributed by atoms with E-state index in [0.717, 1.165) is 0 Å². The fourth-order valence-electron chi connectivity index (χ4n) is 1.08. The summed E-state index contributed by atoms with van der Waals surface area (Å²) in [7, 11) is 1.54. The van der Waals surface area contributed by atoms with Crippen LogP contribution in [0.3, 0.4) is 0 Å². The number of ether oxygens (including phenoxy) is 2. The Morgan fingerprint density at radius 3 is 2.25 bits per heavy atom. The third-order valence-electron chi connectivity index (χ3n) is 1.85. The van der Waals surface area contributed by atoms with E-state index >= 15 is 0 Å². The Morgan fingerprint density at radius 2 is 1.75 bits per heavy atom. The van der Waals surface area contributed by atoms with Crippen molar-refractivity contribution < 1.29 is 27.8 Å². The predicted molar refractivity (Wildman–Crippen MR) is 52.3 cm³/mol. The second-order valence-electron chi connectivity index (χ2n) is 3.23. The van der Waals surface area contributed by atoms with E-state index < -0.39 is 12.8 Å². The summed E-state index contributed by atoms with van der Waals surface area (Å²) in [6, 6.07) is 0. The molecule has 0 radical (unpaired) electrons. The zero-order chi connectivity index (χ0) is 12.4. The molecule has 98 valence electrons. The number of methoxy groups -OCH3 is 1. The van der Waals surface area contributed by atoms with Crippen LogP contribution in [0.2, 0.25) is 0 Å². The highest BCUT2D eigenvalue weighted by atomic mass is 19.4. The van der Waals surface area contributed by atoms with Crippen molar-refractivity contribution in [3.63, 3.8) is 0 Å². The second-order valence-corrected chi connectivity index (χ2v) is 3.23. The fourth-order valence-corrected chi connectivity index (χ4v) is 1.08. The van der Waals surface area contributed by atoms with Crippen LogP contribution in [0, 0.1) is 0 Å². The van der Waals surface area contributed by atoms with Gasteiger partial charge in [0.25, 0.3) is 0 Å². The van der Waals surface area contributed by atoms with Gasteiger partial charge in [-0.25, -0.2) is 0 Å². The molecular weight excluding hydrogens is 227 g/mol. The first kappa shape index (κ1) is 15.6. The molecule has 0 atom stereocenters. The third kappa shape index (κ3) is 10.2. The van der Waals surface area contributed by atoms with Crippen LogP contribution in [-0.4, -0.2) is 69.4 Å². The highest BCUT2D eigenvalue weighted by Gasteiger charge is 2.27. The molecule has 0 heterocycles. The van der Waals surface area contributed by atoms with Crippen molar-refractivity contribution in [1.29, 1.82) is 0 Å². The molecule has 0 unspecified atom stereocenters. The van der Waals surface area contributed by atoms with Gasteiger partial charge in [0.15, 0.2) is 0 Å². The third-order valence-corrected chi connectivity index (χ3v) is 1.85. The Morgan fingerprint density at radius 1 is 1.12 bits per heavy atom. The van der Waals surface area contributed by atoms with E-state index in [1.165, 1.54) is 7.11 Å². The summed E-state index contributed by atoms with van der Waals surface area (Å²) in [5.41, 5.74) is 0. The lowest BCUT2D eigenvalue weighted by molar-refractivity contribution is -0.174. The molecule has 0 aromatic rings. The molecule has 0 rings (SSSR count). The quantitative estimate of drug-likeness (QED) is 0.601. The summed E-state index contributed by atoms with van der Waals surface area (Å²) in [6.45, 7) is 0.501. The molecule has 0 aromatic heterocycles. The standard InChI is InChI=1S/C9H18F3NO3/c1-15-6-3-13(2-5-14)4-7-16-8-9(10,11)12/h14H,2-8H2,1H3. The van der Waals surface area contributed by atoms with Crippen LogP contribution in [-0.2, 0) is 9.47 Å². The van der Waals surface area contributed by atoms with Crippen molar-refractivity contribution in [2.75, 3.05) is 53.2 Å². The lowest BCUT2D eigenvalue weighted by atomic mass is 10.4. The Bertz CT molecular complexity index is 167. The molecule has 0 aliphatic carbocycles. The van der Waals surface area contributed by atoms with Crippen molar-refractivity contribution in [3.8, 4) is 0 Å². The van der Waals surface area contributed by atoms with Gasteiger partial charge < -0.3 is 14.6 Å². The van der Waals surface area contributed by atoms with Crippen molar-refractivity contribution in [2.45, 2.75) is 6.18 Å². The SMILES string of the molecule is COCCN(CCO)CCOCC(F)(F)F. The van der Waals surface area contributed by atoms with Gasteiger partial charge in [0.05, 0.1) is 19.8 Å². The Balaban J connectivity index is 3.59. The number of alkyl halides is 3. The molecule has 0 fully saturated rings. The number of hydrogen-bond acceptors (Lipinski definition) is 4. The van der Waals surface area contributed by atoms with Gasteiger partial charge in [-0.2, -0.15) is 13.2 Å². The van der Waals surface area contributed by atoms with Crippen molar-refractivity contribution in [3.05, 3.63) is 0 Å². The first-order valence-electron chi connectivity index (χ1n) is 4.96. The van der Waals surface area contributed by atoms with Crippen LogP contribution in [0.4, 0.5) is 13.2 Å². The van der Waals surface area contributed by atoms with Gasteiger partial charge in [0, 0.05) is 26.7 Å². The molecule has 4 nitrogen and oxygen atoms in total. The zero-order valence-corrected chi connectivity index (χ0v) is 9.29. The lowest BCUT2D eigenvalue weighted by Crippen LogP contribution is -2.34. The van der Waals surface area contributed by atoms with E-state index in [9.17, 15) is 13.2 Å². The van der Waals surface area contributed by atoms with Crippen LogP contribution in [0.25, 0.3) is 0 Å². The second kappa shape index (κ2) is 8.74. The first-order chi connectivity index (χ1) is 7.49. The van der Waals surface area contributed by atoms with Crippen molar-refractivity contribution in [2.24, 2.45) is 0 Å². The molecule has 7 heteroatoms. The van der Waals surface area contributed by atoms with Crippen LogP contribution in [0.1, 0.15) is 0 Å². The lowest BCUT2D eigenvalue weighted by Gasteiger charge is -2.20. The summed E-state index contributed by atoms with van der Waals surface area (Å²) in [5, 5.41) is 8.72. The van der Waals surface area contributed by atoms with E-state index in [1.807, 2.05) is 0 Å². The fraction of sp³-hybridized carbons (Fsp3) is 1.00. The average Bonchev–Trinajstić information content (AvgIpc) is 2.19. The topological polar surface area (TPSA) is 41.9 Å². The number of nitrogens with zero attached hydrogens (tertiary/aromatic N) is 1. The summed E-state index contributed by atoms with van der Waals surface area (Å²) in [5.74, 6) is 0. The van der Waals surface area contributed by atoms with Crippen LogP contribution in [0.15, 0.2) is 0 Å². The predicted octanol–water partition coefficient (Wildman–Crippen LogP) is 0.506. The smallest absolute Gasteiger partial charge is 0.395 e. The summed E-state index contributed by atoms with van der Waals surface area (Å²) < 4.78 is 44.5. The number of rotatable bonds is 9. The zero-order valence-electron chi connectivity index (χ0n) is 9.29. The normalized spacial score (nSPS) is 12.4. The maximum Gasteiger partial charge on any atom is 0.411 e. The molecule has 0 spiro atoms. The molecule has 0 aromatic carbocycles. The maximum atomic E-state index is 11.7. The number of hydrogen-bond donors (Lipinski definition) is 1. The molecule has 1 N–H and O–H groups in total. The van der Waals surface area contributed by atoms with Crippen LogP contribution in [0.5, 0.6) is 0 Å². The Kier molecular flexibility index (Phi) is 8.54.